The molecule has 0 spiro atoms. The number of anilines is 1. The Morgan fingerprint density at radius 1 is 1.05 bits per heavy atom. The van der Waals surface area contributed by atoms with Crippen LogP contribution in [0.15, 0.2) is 57.7 Å². The maximum absolute atomic E-state index is 11.9. The average molecular weight is 282 g/mol. The molecule has 1 aromatic heterocycles. The lowest BCUT2D eigenvalue weighted by Gasteiger charge is -2.03. The summed E-state index contributed by atoms with van der Waals surface area (Å²) < 4.78 is 6.88. The Bertz CT molecular complexity index is 787. The molecule has 0 aliphatic carbocycles. The molecule has 0 amide bonds. The highest BCUT2D eigenvalue weighted by molar-refractivity contribution is 5.76. The molecule has 3 aromatic rings. The first-order valence-corrected chi connectivity index (χ1v) is 7.17. The van der Waals surface area contributed by atoms with E-state index in [-0.39, 0.29) is 5.76 Å². The fraction of sp³-hybridized carbons (Fsp3) is 0.235. The predicted molar refractivity (Wildman–Crippen MR) is 84.3 cm³/mol. The zero-order chi connectivity index (χ0) is 14.7. The number of rotatable bonds is 5. The van der Waals surface area contributed by atoms with Crippen LogP contribution in [0.2, 0.25) is 0 Å². The zero-order valence-electron chi connectivity index (χ0n) is 11.8. The maximum Gasteiger partial charge on any atom is 0.419 e. The first-order valence-electron chi connectivity index (χ1n) is 7.17. The van der Waals surface area contributed by atoms with Crippen molar-refractivity contribution in [3.63, 3.8) is 0 Å². The third-order valence-corrected chi connectivity index (χ3v) is 3.63. The number of aryl methyl sites for hydroxylation is 2. The Kier molecular flexibility index (Phi) is 3.77. The van der Waals surface area contributed by atoms with Gasteiger partial charge in [0, 0.05) is 12.2 Å². The van der Waals surface area contributed by atoms with Crippen LogP contribution in [0.3, 0.4) is 0 Å². The van der Waals surface area contributed by atoms with Crippen molar-refractivity contribution in [2.24, 2.45) is 0 Å². The van der Waals surface area contributed by atoms with Crippen LogP contribution in [0, 0.1) is 0 Å². The van der Waals surface area contributed by atoms with Crippen molar-refractivity contribution in [2.45, 2.75) is 25.8 Å². The highest BCUT2D eigenvalue weighted by Gasteiger charge is 2.08. The minimum atomic E-state index is -0.310. The van der Waals surface area contributed by atoms with Gasteiger partial charge in [0.15, 0.2) is 5.58 Å². The molecule has 0 radical (unpaired) electrons. The van der Waals surface area contributed by atoms with E-state index in [1.165, 1.54) is 5.56 Å². The second-order valence-corrected chi connectivity index (χ2v) is 5.19. The van der Waals surface area contributed by atoms with Gasteiger partial charge in [0.2, 0.25) is 0 Å². The molecule has 1 heterocycles. The molecule has 0 atom stereocenters. The molecule has 0 aliphatic rings. The smallest absolute Gasteiger partial charge is 0.408 e. The molecule has 2 aromatic carbocycles. The molecule has 108 valence electrons. The van der Waals surface area contributed by atoms with E-state index in [4.69, 9.17) is 10.2 Å². The largest absolute Gasteiger partial charge is 0.419 e. The Balaban J connectivity index is 1.67. The summed E-state index contributed by atoms with van der Waals surface area (Å²) in [6, 6.07) is 15.6. The lowest BCUT2D eigenvalue weighted by atomic mass is 10.1. The van der Waals surface area contributed by atoms with Crippen LogP contribution in [0.25, 0.3) is 11.1 Å². The summed E-state index contributed by atoms with van der Waals surface area (Å²) in [5, 5.41) is 0. The average Bonchev–Trinajstić information content (AvgIpc) is 2.80. The van der Waals surface area contributed by atoms with E-state index in [1.807, 2.05) is 18.2 Å². The molecule has 0 aliphatic heterocycles. The predicted octanol–water partition coefficient (Wildman–Crippen LogP) is 3.20. The first-order chi connectivity index (χ1) is 10.2. The number of nitrogens with zero attached hydrogens (tertiary/aromatic N) is 1. The van der Waals surface area contributed by atoms with Crippen molar-refractivity contribution < 1.29 is 4.42 Å². The van der Waals surface area contributed by atoms with Gasteiger partial charge in [-0.1, -0.05) is 30.3 Å². The summed E-state index contributed by atoms with van der Waals surface area (Å²) in [7, 11) is 0. The molecular weight excluding hydrogens is 264 g/mol. The third-order valence-electron chi connectivity index (χ3n) is 3.63. The molecule has 2 N–H and O–H groups in total. The molecule has 0 unspecified atom stereocenters. The minimum Gasteiger partial charge on any atom is -0.408 e. The molecule has 0 saturated heterocycles. The molecule has 3 rings (SSSR count). The molecule has 0 saturated carbocycles. The van der Waals surface area contributed by atoms with Gasteiger partial charge in [-0.2, -0.15) is 0 Å². The van der Waals surface area contributed by atoms with Crippen LogP contribution in [-0.4, -0.2) is 4.57 Å². The van der Waals surface area contributed by atoms with Gasteiger partial charge in [-0.3, -0.25) is 4.57 Å². The fourth-order valence-electron chi connectivity index (χ4n) is 2.53. The van der Waals surface area contributed by atoms with E-state index in [0.29, 0.717) is 17.8 Å². The maximum atomic E-state index is 11.9. The third kappa shape index (κ3) is 2.99. The summed E-state index contributed by atoms with van der Waals surface area (Å²) in [5.41, 5.74) is 9.11. The Hall–Kier alpha value is -2.49. The Labute approximate surface area is 122 Å². The van der Waals surface area contributed by atoms with Crippen molar-refractivity contribution in [3.05, 3.63) is 64.6 Å². The minimum absolute atomic E-state index is 0.310. The van der Waals surface area contributed by atoms with Crippen LogP contribution < -0.4 is 11.5 Å². The van der Waals surface area contributed by atoms with Crippen LogP contribution in [-0.2, 0) is 13.0 Å². The standard InChI is InChI=1S/C17H18N2O2/c18-14-9-10-16-15(12-14)19(17(20)21-16)11-5-4-8-13-6-2-1-3-7-13/h1-3,6-7,9-10,12H,4-5,8,11,18H2. The second-order valence-electron chi connectivity index (χ2n) is 5.19. The molecule has 4 nitrogen and oxygen atoms in total. The van der Waals surface area contributed by atoms with Crippen molar-refractivity contribution in [3.8, 4) is 0 Å². The van der Waals surface area contributed by atoms with Gasteiger partial charge in [-0.25, -0.2) is 4.79 Å². The van der Waals surface area contributed by atoms with Gasteiger partial charge in [0.1, 0.15) is 0 Å². The normalized spacial score (nSPS) is 11.0. The summed E-state index contributed by atoms with van der Waals surface area (Å²) in [6.45, 7) is 0.655. The van der Waals surface area contributed by atoms with Crippen LogP contribution in [0.1, 0.15) is 18.4 Å². The van der Waals surface area contributed by atoms with E-state index in [1.54, 1.807) is 22.8 Å². The molecule has 0 bridgehead atoms. The summed E-state index contributed by atoms with van der Waals surface area (Å²) in [5.74, 6) is -0.310. The van der Waals surface area contributed by atoms with Crippen molar-refractivity contribution in [1.82, 2.24) is 4.57 Å². The highest BCUT2D eigenvalue weighted by atomic mass is 16.4. The number of benzene rings is 2. The van der Waals surface area contributed by atoms with Crippen LogP contribution in [0.4, 0.5) is 5.69 Å². The topological polar surface area (TPSA) is 61.2 Å². The Morgan fingerprint density at radius 3 is 2.67 bits per heavy atom. The summed E-state index contributed by atoms with van der Waals surface area (Å²) >= 11 is 0. The molecule has 4 heteroatoms. The highest BCUT2D eigenvalue weighted by Crippen LogP contribution is 2.17. The Morgan fingerprint density at radius 2 is 1.86 bits per heavy atom. The van der Waals surface area contributed by atoms with Crippen molar-refractivity contribution in [2.75, 3.05) is 5.73 Å². The molecule has 0 fully saturated rings. The van der Waals surface area contributed by atoms with E-state index in [9.17, 15) is 4.79 Å². The number of hydrogen-bond donors (Lipinski definition) is 1. The number of aromatic nitrogens is 1. The van der Waals surface area contributed by atoms with Crippen LogP contribution in [0.5, 0.6) is 0 Å². The van der Waals surface area contributed by atoms with Gasteiger partial charge in [-0.05, 0) is 43.0 Å². The number of nitrogen functional groups attached to an aromatic ring is 1. The monoisotopic (exact) mass is 282 g/mol. The van der Waals surface area contributed by atoms with Gasteiger partial charge in [0.05, 0.1) is 5.52 Å². The second kappa shape index (κ2) is 5.87. The van der Waals surface area contributed by atoms with E-state index in [2.05, 4.69) is 12.1 Å². The molecule has 21 heavy (non-hydrogen) atoms. The number of fused-ring (bicyclic) bond motifs is 1. The van der Waals surface area contributed by atoms with E-state index in [0.717, 1.165) is 24.8 Å². The lowest BCUT2D eigenvalue weighted by molar-refractivity contribution is 0.492. The fourth-order valence-corrected chi connectivity index (χ4v) is 2.53. The summed E-state index contributed by atoms with van der Waals surface area (Å²) in [4.78, 5) is 11.9. The van der Waals surface area contributed by atoms with E-state index >= 15 is 0 Å². The summed E-state index contributed by atoms with van der Waals surface area (Å²) in [6.07, 6.45) is 2.98. The quantitative estimate of drug-likeness (QED) is 0.577. The van der Waals surface area contributed by atoms with Crippen molar-refractivity contribution >= 4 is 16.8 Å². The van der Waals surface area contributed by atoms with Gasteiger partial charge >= 0.3 is 5.76 Å². The van der Waals surface area contributed by atoms with Gasteiger partial charge in [0.25, 0.3) is 0 Å². The number of hydrogen-bond acceptors (Lipinski definition) is 3. The van der Waals surface area contributed by atoms with Gasteiger partial charge < -0.3 is 10.2 Å². The SMILES string of the molecule is Nc1ccc2oc(=O)n(CCCCc3ccccc3)c2c1. The number of nitrogens with two attached hydrogens (primary N) is 1. The zero-order valence-corrected chi connectivity index (χ0v) is 11.8. The first kappa shape index (κ1) is 13.5. The van der Waals surface area contributed by atoms with E-state index < -0.39 is 0 Å². The lowest BCUT2D eigenvalue weighted by Crippen LogP contribution is -2.14. The van der Waals surface area contributed by atoms with Gasteiger partial charge in [-0.15, -0.1) is 0 Å². The molecular formula is C17H18N2O2. The van der Waals surface area contributed by atoms with Crippen molar-refractivity contribution in [1.29, 1.82) is 0 Å². The number of unbranched alkanes of at least 4 members (excludes halogenated alkanes) is 1. The van der Waals surface area contributed by atoms with Crippen LogP contribution >= 0.6 is 0 Å². The number of oxazole rings is 1.